The van der Waals surface area contributed by atoms with E-state index in [1.165, 1.54) is 4.52 Å². The van der Waals surface area contributed by atoms with Crippen molar-refractivity contribution in [2.75, 3.05) is 5.73 Å². The fraction of sp³-hybridized carbons (Fsp3) is 0.107. The first-order valence-corrected chi connectivity index (χ1v) is 12.1. The van der Waals surface area contributed by atoms with E-state index in [-0.39, 0.29) is 17.1 Å². The lowest BCUT2D eigenvalue weighted by Gasteiger charge is -2.20. The fourth-order valence-corrected chi connectivity index (χ4v) is 4.54. The first-order valence-electron chi connectivity index (χ1n) is 12.1. The van der Waals surface area contributed by atoms with Gasteiger partial charge in [-0.15, -0.1) is 0 Å². The molecular weight excluding hydrogens is 494 g/mol. The van der Waals surface area contributed by atoms with Gasteiger partial charge in [-0.05, 0) is 37.3 Å². The van der Waals surface area contributed by atoms with Gasteiger partial charge in [-0.3, -0.25) is 18.8 Å². The molecular formula is C28H23N9O2. The molecule has 5 heterocycles. The molecule has 11 nitrogen and oxygen atoms in total. The van der Waals surface area contributed by atoms with Gasteiger partial charge in [0.2, 0.25) is 0 Å². The highest BCUT2D eigenvalue weighted by Crippen LogP contribution is 2.21. The Morgan fingerprint density at radius 2 is 1.87 bits per heavy atom. The summed E-state index contributed by atoms with van der Waals surface area (Å²) >= 11 is 0. The number of carbonyl (C=O) groups excluding carboxylic acids is 1. The van der Waals surface area contributed by atoms with Crippen molar-refractivity contribution < 1.29 is 4.79 Å². The van der Waals surface area contributed by atoms with Crippen LogP contribution < -0.4 is 16.6 Å². The molecule has 5 aromatic heterocycles. The summed E-state index contributed by atoms with van der Waals surface area (Å²) in [7, 11) is 1.82. The molecule has 0 radical (unpaired) electrons. The molecule has 6 aromatic rings. The summed E-state index contributed by atoms with van der Waals surface area (Å²) in [5.74, 6) is 5.77. The number of anilines is 1. The minimum atomic E-state index is -0.587. The van der Waals surface area contributed by atoms with E-state index in [1.54, 1.807) is 57.4 Å². The summed E-state index contributed by atoms with van der Waals surface area (Å²) in [5.41, 5.74) is 9.35. The zero-order valence-corrected chi connectivity index (χ0v) is 21.1. The van der Waals surface area contributed by atoms with Crippen LogP contribution in [0.3, 0.4) is 0 Å². The molecule has 0 aliphatic carbocycles. The summed E-state index contributed by atoms with van der Waals surface area (Å²) in [4.78, 5) is 31.5. The molecule has 0 unspecified atom stereocenters. The Kier molecular flexibility index (Phi) is 5.69. The van der Waals surface area contributed by atoms with Gasteiger partial charge in [-0.25, -0.2) is 9.50 Å². The molecule has 0 saturated carbocycles. The number of aryl methyl sites for hydroxylation is 1. The Bertz CT molecular complexity index is 1980. The summed E-state index contributed by atoms with van der Waals surface area (Å²) in [5, 5.41) is 11.3. The lowest BCUT2D eigenvalue weighted by molar-refractivity contribution is 0.0932. The fourth-order valence-electron chi connectivity index (χ4n) is 4.54. The van der Waals surface area contributed by atoms with Gasteiger partial charge in [0, 0.05) is 37.5 Å². The van der Waals surface area contributed by atoms with Gasteiger partial charge in [-0.2, -0.15) is 10.2 Å². The van der Waals surface area contributed by atoms with Crippen LogP contribution in [0.5, 0.6) is 0 Å². The number of nitrogens with two attached hydrogens (primary N) is 1. The van der Waals surface area contributed by atoms with E-state index >= 15 is 0 Å². The maximum atomic E-state index is 14.0. The number of nitrogen functional groups attached to an aromatic ring is 1. The molecule has 6 rings (SSSR count). The van der Waals surface area contributed by atoms with Crippen molar-refractivity contribution in [3.63, 3.8) is 0 Å². The van der Waals surface area contributed by atoms with Crippen LogP contribution in [-0.4, -0.2) is 39.3 Å². The van der Waals surface area contributed by atoms with Gasteiger partial charge < -0.3 is 15.5 Å². The highest BCUT2D eigenvalue weighted by atomic mass is 16.2. The zero-order chi connectivity index (χ0) is 27.1. The van der Waals surface area contributed by atoms with Crippen molar-refractivity contribution in [1.29, 1.82) is 0 Å². The van der Waals surface area contributed by atoms with Crippen molar-refractivity contribution in [2.24, 2.45) is 7.05 Å². The molecule has 0 bridgehead atoms. The summed E-state index contributed by atoms with van der Waals surface area (Å²) in [6.45, 7) is 1.80. The molecule has 1 aromatic carbocycles. The Hall–Kier alpha value is -5.63. The maximum Gasteiger partial charge on any atom is 0.280 e. The molecule has 3 N–H and O–H groups in total. The molecule has 192 valence electrons. The van der Waals surface area contributed by atoms with Gasteiger partial charge in [0.1, 0.15) is 5.52 Å². The Labute approximate surface area is 222 Å². The largest absolute Gasteiger partial charge is 0.382 e. The number of nitrogens with one attached hydrogen (secondary N) is 1. The van der Waals surface area contributed by atoms with Crippen LogP contribution >= 0.6 is 0 Å². The maximum absolute atomic E-state index is 14.0. The van der Waals surface area contributed by atoms with E-state index in [2.05, 4.69) is 32.3 Å². The average Bonchev–Trinajstić information content (AvgIpc) is 3.63. The number of hydrogen-bond donors (Lipinski definition) is 2. The number of carbonyl (C=O) groups is 1. The number of aromatic nitrogens is 7. The number of amides is 1. The molecule has 0 fully saturated rings. The molecule has 0 aliphatic rings. The van der Waals surface area contributed by atoms with Gasteiger partial charge in [-0.1, -0.05) is 30.0 Å². The van der Waals surface area contributed by atoms with Gasteiger partial charge >= 0.3 is 0 Å². The first-order chi connectivity index (χ1) is 18.9. The van der Waals surface area contributed by atoms with E-state index in [4.69, 9.17) is 5.73 Å². The summed E-state index contributed by atoms with van der Waals surface area (Å²) < 4.78 is 6.38. The molecule has 11 heteroatoms. The predicted molar refractivity (Wildman–Crippen MR) is 145 cm³/mol. The zero-order valence-electron chi connectivity index (χ0n) is 21.1. The van der Waals surface area contributed by atoms with Gasteiger partial charge in [0.15, 0.2) is 17.2 Å². The number of fused-ring (bicyclic) bond motifs is 2. The monoisotopic (exact) mass is 517 g/mol. The molecule has 1 atom stereocenters. The highest BCUT2D eigenvalue weighted by molar-refractivity contribution is 5.98. The average molecular weight is 518 g/mol. The van der Waals surface area contributed by atoms with Crippen molar-refractivity contribution in [3.8, 4) is 17.5 Å². The van der Waals surface area contributed by atoms with E-state index in [9.17, 15) is 9.59 Å². The molecule has 0 saturated heterocycles. The van der Waals surface area contributed by atoms with Gasteiger partial charge in [0.25, 0.3) is 11.5 Å². The summed E-state index contributed by atoms with van der Waals surface area (Å²) in [6.07, 6.45) is 8.63. The minimum absolute atomic E-state index is 0.0662. The third-order valence-corrected chi connectivity index (χ3v) is 6.34. The molecule has 1 amide bonds. The van der Waals surface area contributed by atoms with Crippen molar-refractivity contribution >= 4 is 22.9 Å². The Morgan fingerprint density at radius 3 is 2.64 bits per heavy atom. The third kappa shape index (κ3) is 4.19. The molecule has 39 heavy (non-hydrogen) atoms. The number of para-hydroxylation sites is 1. The lowest BCUT2D eigenvalue weighted by Crippen LogP contribution is -2.33. The van der Waals surface area contributed by atoms with Crippen LogP contribution in [0.15, 0.2) is 84.3 Å². The smallest absolute Gasteiger partial charge is 0.280 e. The number of rotatable bonds is 4. The van der Waals surface area contributed by atoms with Crippen molar-refractivity contribution in [1.82, 2.24) is 38.7 Å². The van der Waals surface area contributed by atoms with E-state index in [0.717, 1.165) is 5.56 Å². The number of nitrogens with zero attached hydrogens (tertiary/aromatic N) is 7. The first kappa shape index (κ1) is 23.7. The SMILES string of the molecule is C[C@@H](NC(=O)c1c(N)nc2cccnn12)c1cn2ccc(C#Cc3cnn(C)c3)c2c(=O)n1-c1ccccc1. The van der Waals surface area contributed by atoms with Crippen LogP contribution in [0.25, 0.3) is 16.9 Å². The van der Waals surface area contributed by atoms with Gasteiger partial charge in [0.05, 0.1) is 29.1 Å². The lowest BCUT2D eigenvalue weighted by atomic mass is 10.2. The number of imidazole rings is 1. The van der Waals surface area contributed by atoms with Crippen LogP contribution in [0.4, 0.5) is 5.82 Å². The highest BCUT2D eigenvalue weighted by Gasteiger charge is 2.23. The minimum Gasteiger partial charge on any atom is -0.382 e. The second kappa shape index (κ2) is 9.35. The third-order valence-electron chi connectivity index (χ3n) is 6.34. The predicted octanol–water partition coefficient (Wildman–Crippen LogP) is 2.34. The van der Waals surface area contributed by atoms with E-state index in [0.29, 0.717) is 28.1 Å². The quantitative estimate of drug-likeness (QED) is 0.345. The van der Waals surface area contributed by atoms with Crippen LogP contribution in [0.2, 0.25) is 0 Å². The summed E-state index contributed by atoms with van der Waals surface area (Å²) in [6, 6.07) is 13.9. The second-order valence-corrected chi connectivity index (χ2v) is 9.00. The number of hydrogen-bond acceptors (Lipinski definition) is 6. The van der Waals surface area contributed by atoms with Crippen molar-refractivity contribution in [2.45, 2.75) is 13.0 Å². The van der Waals surface area contributed by atoms with Crippen LogP contribution in [0.1, 0.15) is 40.3 Å². The molecule has 0 spiro atoms. The van der Waals surface area contributed by atoms with E-state index < -0.39 is 11.9 Å². The Balaban J connectivity index is 1.45. The topological polar surface area (TPSA) is 130 Å². The van der Waals surface area contributed by atoms with Crippen LogP contribution in [-0.2, 0) is 7.05 Å². The Morgan fingerprint density at radius 1 is 1.05 bits per heavy atom. The van der Waals surface area contributed by atoms with Crippen molar-refractivity contribution in [3.05, 3.63) is 112 Å². The standard InChI is InChI=1S/C28H23N9O2/c1-18(32-27(38)25-26(29)33-23-9-6-13-30-37(23)25)22-17-35-14-12-20(11-10-19-15-31-34(2)16-19)24(35)28(39)36(22)21-7-4-3-5-8-21/h3-9,12-18H,29H2,1-2H3,(H,32,38)/t18-/m1/s1. The van der Waals surface area contributed by atoms with E-state index in [1.807, 2.05) is 49.8 Å². The normalized spacial score (nSPS) is 11.8. The number of benzene rings is 1. The van der Waals surface area contributed by atoms with Crippen LogP contribution in [0, 0.1) is 11.8 Å². The second-order valence-electron chi connectivity index (χ2n) is 9.00. The molecule has 0 aliphatic heterocycles.